The van der Waals surface area contributed by atoms with Gasteiger partial charge in [-0.15, -0.1) is 0 Å². The molecule has 66 valence electrons. The number of aliphatic imine (C=N–C) groups is 1. The van der Waals surface area contributed by atoms with Gasteiger partial charge in [0, 0.05) is 5.03 Å². The summed E-state index contributed by atoms with van der Waals surface area (Å²) >= 11 is 6.08. The normalized spacial score (nSPS) is 18.8. The first-order valence-electron chi connectivity index (χ1n) is 4.33. The lowest BCUT2D eigenvalue weighted by Gasteiger charge is -1.99. The van der Waals surface area contributed by atoms with Crippen LogP contribution in [0.4, 0.5) is 0 Å². The lowest BCUT2D eigenvalue weighted by molar-refractivity contribution is 0.863. The topological polar surface area (TPSA) is 12.4 Å². The first-order valence-corrected chi connectivity index (χ1v) is 4.71. The average molecular weight is 184 g/mol. The molecular weight excluding hydrogens is 170 g/mol. The first-order chi connectivity index (χ1) is 5.84. The SMILES string of the molecule is CC=NCC1=C(Cl)CCCC=C1. The quantitative estimate of drug-likeness (QED) is 0.583. The Morgan fingerprint density at radius 2 is 2.50 bits per heavy atom. The Morgan fingerprint density at radius 1 is 1.67 bits per heavy atom. The molecule has 2 heteroatoms. The summed E-state index contributed by atoms with van der Waals surface area (Å²) in [5, 5.41) is 0.981. The molecule has 0 aromatic heterocycles. The highest BCUT2D eigenvalue weighted by Gasteiger charge is 2.03. The lowest BCUT2D eigenvalue weighted by atomic mass is 10.2. The van der Waals surface area contributed by atoms with Crippen LogP contribution in [0.5, 0.6) is 0 Å². The van der Waals surface area contributed by atoms with Gasteiger partial charge in [-0.05, 0) is 38.0 Å². The molecule has 0 heterocycles. The summed E-state index contributed by atoms with van der Waals surface area (Å²) in [7, 11) is 0. The second-order valence-corrected chi connectivity index (χ2v) is 3.28. The van der Waals surface area contributed by atoms with E-state index in [1.54, 1.807) is 0 Å². The Balaban J connectivity index is 2.66. The Labute approximate surface area is 78.8 Å². The maximum absolute atomic E-state index is 6.08. The van der Waals surface area contributed by atoms with Crippen molar-refractivity contribution in [3.05, 3.63) is 22.8 Å². The van der Waals surface area contributed by atoms with E-state index in [0.29, 0.717) is 0 Å². The third-order valence-corrected chi connectivity index (χ3v) is 2.31. The van der Waals surface area contributed by atoms with E-state index in [1.165, 1.54) is 5.57 Å². The van der Waals surface area contributed by atoms with Gasteiger partial charge >= 0.3 is 0 Å². The molecule has 0 fully saturated rings. The van der Waals surface area contributed by atoms with Crippen molar-refractivity contribution in [1.29, 1.82) is 0 Å². The Kier molecular flexibility index (Phi) is 4.09. The van der Waals surface area contributed by atoms with Crippen LogP contribution in [0.1, 0.15) is 26.2 Å². The van der Waals surface area contributed by atoms with Crippen molar-refractivity contribution in [2.75, 3.05) is 6.54 Å². The third kappa shape index (κ3) is 2.82. The molecule has 1 aliphatic carbocycles. The third-order valence-electron chi connectivity index (χ3n) is 1.88. The molecule has 0 unspecified atom stereocenters. The van der Waals surface area contributed by atoms with Gasteiger partial charge in [-0.3, -0.25) is 4.99 Å². The fraction of sp³-hybridized carbons (Fsp3) is 0.500. The minimum Gasteiger partial charge on any atom is -0.293 e. The van der Waals surface area contributed by atoms with Gasteiger partial charge in [-0.1, -0.05) is 23.8 Å². The minimum atomic E-state index is 0.728. The molecule has 0 saturated carbocycles. The van der Waals surface area contributed by atoms with Crippen LogP contribution in [0.2, 0.25) is 0 Å². The summed E-state index contributed by atoms with van der Waals surface area (Å²) in [5.74, 6) is 0. The fourth-order valence-electron chi connectivity index (χ4n) is 1.18. The van der Waals surface area contributed by atoms with Crippen LogP contribution >= 0.6 is 11.6 Å². The summed E-state index contributed by atoms with van der Waals surface area (Å²) in [4.78, 5) is 4.17. The van der Waals surface area contributed by atoms with Crippen LogP contribution in [-0.4, -0.2) is 12.8 Å². The fourth-order valence-corrected chi connectivity index (χ4v) is 1.44. The highest BCUT2D eigenvalue weighted by Crippen LogP contribution is 2.21. The van der Waals surface area contributed by atoms with Gasteiger partial charge in [-0.25, -0.2) is 0 Å². The molecule has 0 atom stereocenters. The van der Waals surface area contributed by atoms with Crippen molar-refractivity contribution < 1.29 is 0 Å². The number of allylic oxidation sites excluding steroid dienone is 2. The van der Waals surface area contributed by atoms with Crippen molar-refractivity contribution in [3.63, 3.8) is 0 Å². The molecular formula is C10H14ClN. The molecule has 12 heavy (non-hydrogen) atoms. The highest BCUT2D eigenvalue weighted by atomic mass is 35.5. The van der Waals surface area contributed by atoms with E-state index >= 15 is 0 Å². The Morgan fingerprint density at radius 3 is 3.25 bits per heavy atom. The molecule has 0 radical (unpaired) electrons. The standard InChI is InChI=1S/C10H14ClN/c1-2-12-8-9-6-4-3-5-7-10(9)11/h2,4,6H,3,5,7-8H2,1H3. The summed E-state index contributed by atoms with van der Waals surface area (Å²) < 4.78 is 0. The van der Waals surface area contributed by atoms with Crippen LogP contribution in [-0.2, 0) is 0 Å². The van der Waals surface area contributed by atoms with Crippen LogP contribution in [0.3, 0.4) is 0 Å². The maximum atomic E-state index is 6.08. The smallest absolute Gasteiger partial charge is 0.0646 e. The summed E-state index contributed by atoms with van der Waals surface area (Å²) in [6.45, 7) is 2.65. The lowest BCUT2D eigenvalue weighted by Crippen LogP contribution is -1.87. The largest absolute Gasteiger partial charge is 0.293 e. The molecule has 1 rings (SSSR count). The molecule has 0 aromatic carbocycles. The number of halogens is 1. The van der Waals surface area contributed by atoms with Gasteiger partial charge in [0.25, 0.3) is 0 Å². The van der Waals surface area contributed by atoms with Crippen molar-refractivity contribution in [3.8, 4) is 0 Å². The number of hydrogen-bond acceptors (Lipinski definition) is 1. The molecule has 1 nitrogen and oxygen atoms in total. The Bertz CT molecular complexity index is 226. The van der Waals surface area contributed by atoms with Crippen molar-refractivity contribution in [2.24, 2.45) is 4.99 Å². The average Bonchev–Trinajstić information content (AvgIpc) is 2.27. The molecule has 0 spiro atoms. The maximum Gasteiger partial charge on any atom is 0.0646 e. The van der Waals surface area contributed by atoms with Crippen LogP contribution in [0, 0.1) is 0 Å². The van der Waals surface area contributed by atoms with Crippen molar-refractivity contribution >= 4 is 17.8 Å². The number of nitrogens with zero attached hydrogens (tertiary/aromatic N) is 1. The van der Waals surface area contributed by atoms with Gasteiger partial charge in [0.15, 0.2) is 0 Å². The van der Waals surface area contributed by atoms with E-state index < -0.39 is 0 Å². The molecule has 0 amide bonds. The van der Waals surface area contributed by atoms with Crippen LogP contribution in [0.15, 0.2) is 27.7 Å². The monoisotopic (exact) mass is 183 g/mol. The predicted octanol–water partition coefficient (Wildman–Crippen LogP) is 3.31. The minimum absolute atomic E-state index is 0.728. The van der Waals surface area contributed by atoms with E-state index in [9.17, 15) is 0 Å². The van der Waals surface area contributed by atoms with Crippen molar-refractivity contribution in [1.82, 2.24) is 0 Å². The van der Waals surface area contributed by atoms with E-state index in [0.717, 1.165) is 30.8 Å². The van der Waals surface area contributed by atoms with Crippen LogP contribution < -0.4 is 0 Å². The van der Waals surface area contributed by atoms with Crippen LogP contribution in [0.25, 0.3) is 0 Å². The highest BCUT2D eigenvalue weighted by molar-refractivity contribution is 6.30. The molecule has 0 aromatic rings. The number of rotatable bonds is 2. The zero-order valence-electron chi connectivity index (χ0n) is 7.39. The second kappa shape index (κ2) is 5.15. The van der Waals surface area contributed by atoms with Crippen molar-refractivity contribution in [2.45, 2.75) is 26.2 Å². The summed E-state index contributed by atoms with van der Waals surface area (Å²) in [6, 6.07) is 0. The zero-order valence-corrected chi connectivity index (χ0v) is 8.14. The summed E-state index contributed by atoms with van der Waals surface area (Å²) in [6.07, 6.45) is 9.39. The van der Waals surface area contributed by atoms with Gasteiger partial charge in [0.2, 0.25) is 0 Å². The molecule has 0 aliphatic heterocycles. The summed E-state index contributed by atoms with van der Waals surface area (Å²) in [5.41, 5.74) is 1.17. The predicted molar refractivity (Wildman–Crippen MR) is 54.9 cm³/mol. The van der Waals surface area contributed by atoms with E-state index in [-0.39, 0.29) is 0 Å². The first kappa shape index (κ1) is 9.53. The Hall–Kier alpha value is -0.560. The van der Waals surface area contributed by atoms with E-state index in [4.69, 9.17) is 11.6 Å². The van der Waals surface area contributed by atoms with Gasteiger partial charge in [0.1, 0.15) is 0 Å². The van der Waals surface area contributed by atoms with Gasteiger partial charge < -0.3 is 0 Å². The second-order valence-electron chi connectivity index (χ2n) is 2.82. The van der Waals surface area contributed by atoms with Gasteiger partial charge in [-0.2, -0.15) is 0 Å². The number of hydrogen-bond donors (Lipinski definition) is 0. The van der Waals surface area contributed by atoms with Gasteiger partial charge in [0.05, 0.1) is 6.54 Å². The molecule has 1 aliphatic rings. The molecule has 0 saturated heterocycles. The zero-order chi connectivity index (χ0) is 8.81. The van der Waals surface area contributed by atoms with E-state index in [1.807, 2.05) is 13.1 Å². The molecule has 0 bridgehead atoms. The molecule has 0 N–H and O–H groups in total. The van der Waals surface area contributed by atoms with E-state index in [2.05, 4.69) is 17.1 Å².